The predicted molar refractivity (Wildman–Crippen MR) is 65.9 cm³/mol. The summed E-state index contributed by atoms with van der Waals surface area (Å²) < 4.78 is 0. The van der Waals surface area contributed by atoms with E-state index in [1.807, 2.05) is 19.9 Å². The van der Waals surface area contributed by atoms with E-state index >= 15 is 0 Å². The number of carbonyl (C=O) groups excluding carboxylic acids is 1. The van der Waals surface area contributed by atoms with E-state index in [2.05, 4.69) is 4.98 Å². The second-order valence-corrected chi connectivity index (χ2v) is 4.46. The Kier molecular flexibility index (Phi) is 4.47. The van der Waals surface area contributed by atoms with Crippen LogP contribution in [0.25, 0.3) is 0 Å². The molecule has 1 aromatic heterocycles. The van der Waals surface area contributed by atoms with Gasteiger partial charge in [-0.1, -0.05) is 25.4 Å². The molecule has 0 radical (unpaired) electrons. The molecule has 0 aromatic carbocycles. The highest BCUT2D eigenvalue weighted by Crippen LogP contribution is 2.18. The van der Waals surface area contributed by atoms with E-state index in [1.165, 1.54) is 11.0 Å². The van der Waals surface area contributed by atoms with Gasteiger partial charge in [0.15, 0.2) is 0 Å². The van der Waals surface area contributed by atoms with E-state index in [0.717, 1.165) is 5.69 Å². The molecule has 0 N–H and O–H groups in total. The highest BCUT2D eigenvalue weighted by molar-refractivity contribution is 6.29. The van der Waals surface area contributed by atoms with Gasteiger partial charge in [0.1, 0.15) is 11.7 Å². The zero-order chi connectivity index (χ0) is 13.0. The van der Waals surface area contributed by atoms with Crippen molar-refractivity contribution >= 4 is 17.5 Å². The highest BCUT2D eigenvalue weighted by Gasteiger charge is 2.14. The first-order valence-corrected chi connectivity index (χ1v) is 5.63. The first-order chi connectivity index (χ1) is 7.95. The quantitative estimate of drug-likeness (QED) is 0.612. The Morgan fingerprint density at radius 2 is 2.24 bits per heavy atom. The van der Waals surface area contributed by atoms with Gasteiger partial charge in [-0.25, -0.2) is 4.98 Å². The summed E-state index contributed by atoms with van der Waals surface area (Å²) in [7, 11) is 1.58. The molecule has 0 unspecified atom stereocenters. The van der Waals surface area contributed by atoms with Gasteiger partial charge in [0.2, 0.25) is 0 Å². The number of carbonyl (C=O) groups is 1. The lowest BCUT2D eigenvalue weighted by Gasteiger charge is -2.14. The summed E-state index contributed by atoms with van der Waals surface area (Å²) in [4.78, 5) is 17.4. The first kappa shape index (κ1) is 13.5. The predicted octanol–water partition coefficient (Wildman–Crippen LogP) is 2.45. The molecule has 17 heavy (non-hydrogen) atoms. The van der Waals surface area contributed by atoms with Gasteiger partial charge in [-0.15, -0.1) is 0 Å². The van der Waals surface area contributed by atoms with E-state index in [9.17, 15) is 4.79 Å². The molecule has 0 saturated carbocycles. The van der Waals surface area contributed by atoms with Gasteiger partial charge in [-0.05, 0) is 18.1 Å². The number of pyridine rings is 1. The average molecular weight is 252 g/mol. The summed E-state index contributed by atoms with van der Waals surface area (Å²) in [5.41, 5.74) is 1.23. The van der Waals surface area contributed by atoms with Gasteiger partial charge in [0.25, 0.3) is 5.91 Å². The monoisotopic (exact) mass is 251 g/mol. The van der Waals surface area contributed by atoms with Crippen molar-refractivity contribution in [1.82, 2.24) is 9.88 Å². The number of hydrogen-bond acceptors (Lipinski definition) is 3. The molecule has 0 fully saturated rings. The number of hydrogen-bond donors (Lipinski definition) is 0. The van der Waals surface area contributed by atoms with E-state index in [0.29, 0.717) is 10.7 Å². The van der Waals surface area contributed by atoms with Crippen LogP contribution in [0.4, 0.5) is 0 Å². The third-order valence-corrected chi connectivity index (χ3v) is 2.50. The maximum Gasteiger partial charge on any atom is 0.254 e. The van der Waals surface area contributed by atoms with E-state index in [1.54, 1.807) is 13.1 Å². The molecule has 1 aromatic rings. The molecule has 1 heterocycles. The molecule has 0 aliphatic carbocycles. The lowest BCUT2D eigenvalue weighted by molar-refractivity contribution is 0.0811. The van der Waals surface area contributed by atoms with Gasteiger partial charge in [0.05, 0.1) is 6.07 Å². The van der Waals surface area contributed by atoms with Crippen LogP contribution >= 0.6 is 11.6 Å². The van der Waals surface area contributed by atoms with Crippen LogP contribution in [0.2, 0.25) is 5.15 Å². The number of aromatic nitrogens is 1. The molecule has 1 rings (SSSR count). The summed E-state index contributed by atoms with van der Waals surface area (Å²) >= 11 is 5.87. The minimum atomic E-state index is -0.224. The molecule has 0 aliphatic heterocycles. The van der Waals surface area contributed by atoms with Gasteiger partial charge in [0, 0.05) is 18.3 Å². The van der Waals surface area contributed by atoms with Crippen molar-refractivity contribution in [3.8, 4) is 6.07 Å². The van der Waals surface area contributed by atoms with Crippen LogP contribution < -0.4 is 0 Å². The Morgan fingerprint density at radius 1 is 1.59 bits per heavy atom. The second kappa shape index (κ2) is 5.65. The van der Waals surface area contributed by atoms with Crippen LogP contribution in [0.15, 0.2) is 12.1 Å². The largest absolute Gasteiger partial charge is 0.328 e. The zero-order valence-corrected chi connectivity index (χ0v) is 10.8. The average Bonchev–Trinajstić information content (AvgIpc) is 2.27. The fourth-order valence-electron chi connectivity index (χ4n) is 1.33. The summed E-state index contributed by atoms with van der Waals surface area (Å²) in [5.74, 6) is -0.0285. The first-order valence-electron chi connectivity index (χ1n) is 5.25. The lowest BCUT2D eigenvalue weighted by atomic mass is 10.1. The zero-order valence-electron chi connectivity index (χ0n) is 10.1. The number of nitrogens with zero attached hydrogens (tertiary/aromatic N) is 3. The molecule has 0 atom stereocenters. The SMILES string of the molecule is CC(C)c1cc(C(=O)N(C)CC#N)cc(Cl)n1. The van der Waals surface area contributed by atoms with Crippen molar-refractivity contribution in [2.75, 3.05) is 13.6 Å². The minimum Gasteiger partial charge on any atom is -0.328 e. The number of nitriles is 1. The van der Waals surface area contributed by atoms with Crippen LogP contribution in [-0.2, 0) is 0 Å². The maximum atomic E-state index is 12.0. The molecule has 90 valence electrons. The van der Waals surface area contributed by atoms with E-state index in [-0.39, 0.29) is 18.4 Å². The third kappa shape index (κ3) is 3.43. The van der Waals surface area contributed by atoms with Crippen LogP contribution in [0.5, 0.6) is 0 Å². The van der Waals surface area contributed by atoms with Crippen molar-refractivity contribution in [2.24, 2.45) is 0 Å². The van der Waals surface area contributed by atoms with E-state index in [4.69, 9.17) is 16.9 Å². The molecular formula is C12H14ClN3O. The summed E-state index contributed by atoms with van der Waals surface area (Å²) in [5, 5.41) is 8.84. The van der Waals surface area contributed by atoms with E-state index < -0.39 is 0 Å². The number of rotatable bonds is 3. The van der Waals surface area contributed by atoms with Crippen molar-refractivity contribution < 1.29 is 4.79 Å². The molecular weight excluding hydrogens is 238 g/mol. The van der Waals surface area contributed by atoms with Crippen LogP contribution in [0.1, 0.15) is 35.8 Å². The molecule has 1 amide bonds. The molecule has 0 spiro atoms. The molecule has 0 aliphatic rings. The Labute approximate surface area is 106 Å². The molecule has 0 saturated heterocycles. The minimum absolute atomic E-state index is 0.0514. The fraction of sp³-hybridized carbons (Fsp3) is 0.417. The topological polar surface area (TPSA) is 57.0 Å². The summed E-state index contributed by atoms with van der Waals surface area (Å²) in [6.07, 6.45) is 0. The van der Waals surface area contributed by atoms with Crippen LogP contribution in [0.3, 0.4) is 0 Å². The fourth-order valence-corrected chi connectivity index (χ4v) is 1.55. The Hall–Kier alpha value is -1.60. The van der Waals surface area contributed by atoms with Crippen LogP contribution in [-0.4, -0.2) is 29.4 Å². The van der Waals surface area contributed by atoms with Crippen LogP contribution in [0, 0.1) is 11.3 Å². The number of halogens is 1. The Bertz CT molecular complexity index is 465. The molecule has 4 nitrogen and oxygen atoms in total. The Balaban J connectivity index is 3.06. The lowest BCUT2D eigenvalue weighted by Crippen LogP contribution is -2.27. The maximum absolute atomic E-state index is 12.0. The van der Waals surface area contributed by atoms with Gasteiger partial charge < -0.3 is 4.90 Å². The van der Waals surface area contributed by atoms with Gasteiger partial charge in [-0.3, -0.25) is 4.79 Å². The second-order valence-electron chi connectivity index (χ2n) is 4.08. The standard InChI is InChI=1S/C12H14ClN3O/c1-8(2)10-6-9(7-11(13)15-10)12(17)16(3)5-4-14/h6-8H,5H2,1-3H3. The van der Waals surface area contributed by atoms with Gasteiger partial charge >= 0.3 is 0 Å². The summed E-state index contributed by atoms with van der Waals surface area (Å²) in [6.45, 7) is 4.01. The van der Waals surface area contributed by atoms with Crippen molar-refractivity contribution in [2.45, 2.75) is 19.8 Å². The summed E-state index contributed by atoms with van der Waals surface area (Å²) in [6, 6.07) is 5.16. The smallest absolute Gasteiger partial charge is 0.254 e. The normalized spacial score (nSPS) is 10.1. The molecule has 5 heteroatoms. The van der Waals surface area contributed by atoms with Crippen molar-refractivity contribution in [3.63, 3.8) is 0 Å². The highest BCUT2D eigenvalue weighted by atomic mass is 35.5. The van der Waals surface area contributed by atoms with Crippen molar-refractivity contribution in [3.05, 3.63) is 28.5 Å². The molecule has 0 bridgehead atoms. The van der Waals surface area contributed by atoms with Gasteiger partial charge in [-0.2, -0.15) is 5.26 Å². The van der Waals surface area contributed by atoms with Crippen molar-refractivity contribution in [1.29, 1.82) is 5.26 Å². The number of amides is 1. The Morgan fingerprint density at radius 3 is 2.76 bits per heavy atom. The third-order valence-electron chi connectivity index (χ3n) is 2.31.